The van der Waals surface area contributed by atoms with Gasteiger partial charge in [0.1, 0.15) is 22.1 Å². The van der Waals surface area contributed by atoms with Gasteiger partial charge in [0.25, 0.3) is 11.8 Å². The average molecular weight is 373 g/mol. The molecule has 0 spiro atoms. The van der Waals surface area contributed by atoms with E-state index in [2.05, 4.69) is 10.5 Å². The number of nitrogens with two attached hydrogens (primary N) is 1. The third-order valence-corrected chi connectivity index (χ3v) is 4.97. The Morgan fingerprint density at radius 1 is 1.15 bits per heavy atom. The first kappa shape index (κ1) is 17.8. The number of aryl methyl sites for hydroxylation is 3. The van der Waals surface area contributed by atoms with Crippen molar-refractivity contribution >= 4 is 28.2 Å². The number of carbonyl (C=O) groups is 2. The van der Waals surface area contributed by atoms with E-state index < -0.39 is 11.8 Å². The highest BCUT2D eigenvalue weighted by Gasteiger charge is 2.25. The van der Waals surface area contributed by atoms with Crippen molar-refractivity contribution in [2.45, 2.75) is 20.8 Å². The van der Waals surface area contributed by atoms with Gasteiger partial charge in [0.15, 0.2) is 0 Å². The monoisotopic (exact) mass is 373 g/mol. The van der Waals surface area contributed by atoms with Gasteiger partial charge < -0.3 is 15.6 Å². The van der Waals surface area contributed by atoms with E-state index in [1.165, 1.54) is 23.5 Å². The maximum atomic E-state index is 13.2. The van der Waals surface area contributed by atoms with Gasteiger partial charge in [0, 0.05) is 10.4 Å². The summed E-state index contributed by atoms with van der Waals surface area (Å²) in [5.41, 5.74) is 7.75. The molecule has 0 fully saturated rings. The lowest BCUT2D eigenvalue weighted by Crippen LogP contribution is -2.18. The van der Waals surface area contributed by atoms with E-state index in [1.807, 2.05) is 0 Å². The molecule has 0 saturated heterocycles. The minimum Gasteiger partial charge on any atom is -0.365 e. The van der Waals surface area contributed by atoms with Crippen LogP contribution in [0.1, 0.15) is 37.0 Å². The number of thiophene rings is 1. The molecule has 2 heterocycles. The lowest BCUT2D eigenvalue weighted by molar-refractivity contribution is 0.100. The van der Waals surface area contributed by atoms with Crippen LogP contribution in [0.3, 0.4) is 0 Å². The molecule has 3 rings (SSSR count). The summed E-state index contributed by atoms with van der Waals surface area (Å²) in [5, 5.41) is 6.81. The van der Waals surface area contributed by atoms with Gasteiger partial charge in [0.2, 0.25) is 0 Å². The molecule has 8 heteroatoms. The van der Waals surface area contributed by atoms with Crippen LogP contribution in [-0.2, 0) is 0 Å². The van der Waals surface area contributed by atoms with E-state index in [0.717, 1.165) is 4.88 Å². The molecule has 0 aliphatic heterocycles. The van der Waals surface area contributed by atoms with Crippen molar-refractivity contribution in [3.63, 3.8) is 0 Å². The quantitative estimate of drug-likeness (QED) is 0.726. The average Bonchev–Trinajstić information content (AvgIpc) is 3.07. The summed E-state index contributed by atoms with van der Waals surface area (Å²) >= 11 is 1.23. The standard InChI is InChI=1S/C18H16FN3O3S/c1-8-13(9(2)25-22-8)17(24)21-18-15(16(20)23)14(10(3)26-18)11-4-6-12(19)7-5-11/h4-7H,1-3H3,(H2,20,23)(H,21,24). The van der Waals surface area contributed by atoms with Crippen molar-refractivity contribution in [1.29, 1.82) is 0 Å². The largest absolute Gasteiger partial charge is 0.365 e. The van der Waals surface area contributed by atoms with Crippen LogP contribution in [0.25, 0.3) is 11.1 Å². The SMILES string of the molecule is Cc1noc(C)c1C(=O)Nc1sc(C)c(-c2ccc(F)cc2)c1C(N)=O. The van der Waals surface area contributed by atoms with Crippen molar-refractivity contribution in [2.75, 3.05) is 5.32 Å². The first-order valence-corrected chi connectivity index (χ1v) is 8.54. The minimum absolute atomic E-state index is 0.194. The fourth-order valence-corrected chi connectivity index (χ4v) is 3.88. The molecule has 0 aliphatic carbocycles. The first-order valence-electron chi connectivity index (χ1n) is 7.73. The van der Waals surface area contributed by atoms with Crippen molar-refractivity contribution in [3.05, 3.63) is 57.5 Å². The molecule has 2 amide bonds. The first-order chi connectivity index (χ1) is 12.3. The minimum atomic E-state index is -0.678. The van der Waals surface area contributed by atoms with Crippen LogP contribution in [0, 0.1) is 26.6 Å². The van der Waals surface area contributed by atoms with Crippen LogP contribution in [0.5, 0.6) is 0 Å². The highest BCUT2D eigenvalue weighted by molar-refractivity contribution is 7.17. The molecule has 0 unspecified atom stereocenters. The van der Waals surface area contributed by atoms with E-state index in [4.69, 9.17) is 10.3 Å². The van der Waals surface area contributed by atoms with Gasteiger partial charge in [-0.2, -0.15) is 0 Å². The molecule has 0 radical (unpaired) electrons. The Bertz CT molecular complexity index is 986. The molecular formula is C18H16FN3O3S. The fraction of sp³-hybridized carbons (Fsp3) is 0.167. The highest BCUT2D eigenvalue weighted by Crippen LogP contribution is 2.40. The van der Waals surface area contributed by atoms with Crippen molar-refractivity contribution in [3.8, 4) is 11.1 Å². The Morgan fingerprint density at radius 2 is 1.81 bits per heavy atom. The zero-order valence-electron chi connectivity index (χ0n) is 14.3. The molecule has 26 heavy (non-hydrogen) atoms. The Kier molecular flexibility index (Phi) is 4.60. The molecule has 3 aromatic rings. The smallest absolute Gasteiger partial charge is 0.261 e. The molecule has 0 atom stereocenters. The summed E-state index contributed by atoms with van der Waals surface area (Å²) in [6, 6.07) is 5.74. The number of carbonyl (C=O) groups excluding carboxylic acids is 2. The highest BCUT2D eigenvalue weighted by atomic mass is 32.1. The second-order valence-electron chi connectivity index (χ2n) is 5.76. The summed E-state index contributed by atoms with van der Waals surface area (Å²) in [5.74, 6) is -1.11. The summed E-state index contributed by atoms with van der Waals surface area (Å²) in [7, 11) is 0. The Morgan fingerprint density at radius 3 is 2.35 bits per heavy atom. The van der Waals surface area contributed by atoms with Gasteiger partial charge in [-0.1, -0.05) is 17.3 Å². The molecule has 2 aromatic heterocycles. The predicted octanol–water partition coefficient (Wildman–Crippen LogP) is 3.82. The number of anilines is 1. The fourth-order valence-electron chi connectivity index (χ4n) is 2.80. The number of aromatic nitrogens is 1. The van der Waals surface area contributed by atoms with Crippen LogP contribution >= 0.6 is 11.3 Å². The second-order valence-corrected chi connectivity index (χ2v) is 6.99. The molecule has 0 aliphatic rings. The number of benzene rings is 1. The second kappa shape index (κ2) is 6.72. The summed E-state index contributed by atoms with van der Waals surface area (Å²) in [6.45, 7) is 5.10. The molecule has 3 N–H and O–H groups in total. The van der Waals surface area contributed by atoms with Crippen molar-refractivity contribution in [1.82, 2.24) is 5.16 Å². The maximum absolute atomic E-state index is 13.2. The lowest BCUT2D eigenvalue weighted by Gasteiger charge is -2.07. The normalized spacial score (nSPS) is 10.8. The van der Waals surface area contributed by atoms with Crippen LogP contribution in [0.15, 0.2) is 28.8 Å². The topological polar surface area (TPSA) is 98.2 Å². The number of amides is 2. The van der Waals surface area contributed by atoms with Crippen LogP contribution in [-0.4, -0.2) is 17.0 Å². The third-order valence-electron chi connectivity index (χ3n) is 3.95. The molecule has 134 valence electrons. The molecular weight excluding hydrogens is 357 g/mol. The summed E-state index contributed by atoms with van der Waals surface area (Å²) < 4.78 is 18.2. The van der Waals surface area contributed by atoms with E-state index in [9.17, 15) is 14.0 Å². The van der Waals surface area contributed by atoms with Crippen LogP contribution in [0.2, 0.25) is 0 Å². The van der Waals surface area contributed by atoms with E-state index in [1.54, 1.807) is 32.9 Å². The van der Waals surface area contributed by atoms with E-state index in [0.29, 0.717) is 33.1 Å². The number of hydrogen-bond acceptors (Lipinski definition) is 5. The van der Waals surface area contributed by atoms with E-state index >= 15 is 0 Å². The summed E-state index contributed by atoms with van der Waals surface area (Å²) in [4.78, 5) is 25.4. The Hall–Kier alpha value is -3.00. The molecule has 0 saturated carbocycles. The lowest BCUT2D eigenvalue weighted by atomic mass is 10.0. The van der Waals surface area contributed by atoms with Gasteiger partial charge >= 0.3 is 0 Å². The number of primary amides is 1. The number of hydrogen-bond donors (Lipinski definition) is 2. The molecule has 1 aromatic carbocycles. The zero-order chi connectivity index (χ0) is 19.0. The number of nitrogens with zero attached hydrogens (tertiary/aromatic N) is 1. The van der Waals surface area contributed by atoms with Crippen molar-refractivity contribution < 1.29 is 18.5 Å². The predicted molar refractivity (Wildman–Crippen MR) is 96.9 cm³/mol. The number of halogens is 1. The van der Waals surface area contributed by atoms with Gasteiger partial charge in [-0.05, 0) is 38.5 Å². The van der Waals surface area contributed by atoms with E-state index in [-0.39, 0.29) is 11.4 Å². The van der Waals surface area contributed by atoms with Crippen LogP contribution in [0.4, 0.5) is 9.39 Å². The maximum Gasteiger partial charge on any atom is 0.261 e. The van der Waals surface area contributed by atoms with Crippen LogP contribution < -0.4 is 11.1 Å². The summed E-state index contributed by atoms with van der Waals surface area (Å²) in [6.07, 6.45) is 0. The molecule has 6 nitrogen and oxygen atoms in total. The number of rotatable bonds is 4. The van der Waals surface area contributed by atoms with Gasteiger partial charge in [0.05, 0.1) is 11.3 Å². The third kappa shape index (κ3) is 3.11. The van der Waals surface area contributed by atoms with Gasteiger partial charge in [-0.25, -0.2) is 4.39 Å². The zero-order valence-corrected chi connectivity index (χ0v) is 15.2. The Labute approximate surface area is 152 Å². The van der Waals surface area contributed by atoms with Gasteiger partial charge in [-0.3, -0.25) is 9.59 Å². The molecule has 0 bridgehead atoms. The Balaban J connectivity index is 2.06. The van der Waals surface area contributed by atoms with Crippen molar-refractivity contribution in [2.24, 2.45) is 5.73 Å². The van der Waals surface area contributed by atoms with Gasteiger partial charge in [-0.15, -0.1) is 11.3 Å². The number of nitrogens with one attached hydrogen (secondary N) is 1.